The fourth-order valence-corrected chi connectivity index (χ4v) is 2.15. The van der Waals surface area contributed by atoms with Gasteiger partial charge in [-0.25, -0.2) is 0 Å². The van der Waals surface area contributed by atoms with Gasteiger partial charge in [-0.1, -0.05) is 20.3 Å². The zero-order chi connectivity index (χ0) is 12.8. The average Bonchev–Trinajstić information content (AvgIpc) is 2.29. The molecule has 1 fully saturated rings. The predicted molar refractivity (Wildman–Crippen MR) is 67.4 cm³/mol. The van der Waals surface area contributed by atoms with E-state index in [9.17, 15) is 9.59 Å². The van der Waals surface area contributed by atoms with E-state index in [1.807, 2.05) is 6.92 Å². The molecule has 1 aliphatic heterocycles. The summed E-state index contributed by atoms with van der Waals surface area (Å²) in [5.74, 6) is 0.728. The van der Waals surface area contributed by atoms with Crippen LogP contribution in [0.2, 0.25) is 0 Å². The van der Waals surface area contributed by atoms with Gasteiger partial charge in [0, 0.05) is 19.0 Å². The molecule has 0 aromatic carbocycles. The minimum Gasteiger partial charge on any atom is -0.355 e. The maximum atomic E-state index is 11.9. The Kier molecular flexibility index (Phi) is 5.45. The molecule has 1 saturated heterocycles. The Morgan fingerprint density at radius 1 is 1.53 bits per heavy atom. The molecular weight excluding hydrogens is 216 g/mol. The first-order chi connectivity index (χ1) is 8.02. The van der Waals surface area contributed by atoms with E-state index in [4.69, 9.17) is 0 Å². The number of amides is 2. The molecule has 4 heteroatoms. The largest absolute Gasteiger partial charge is 0.355 e. The lowest BCUT2D eigenvalue weighted by Crippen LogP contribution is -2.45. The van der Waals surface area contributed by atoms with Crippen LogP contribution < -0.4 is 10.6 Å². The highest BCUT2D eigenvalue weighted by molar-refractivity contribution is 5.83. The summed E-state index contributed by atoms with van der Waals surface area (Å²) in [4.78, 5) is 22.9. The summed E-state index contributed by atoms with van der Waals surface area (Å²) in [6.07, 6.45) is 3.30. The number of nitrogens with one attached hydrogen (secondary N) is 2. The zero-order valence-corrected chi connectivity index (χ0v) is 11.1. The molecule has 2 amide bonds. The second kappa shape index (κ2) is 6.62. The van der Waals surface area contributed by atoms with Crippen molar-refractivity contribution < 1.29 is 9.59 Å². The van der Waals surface area contributed by atoms with E-state index >= 15 is 0 Å². The van der Waals surface area contributed by atoms with Crippen LogP contribution in [0, 0.1) is 11.8 Å². The van der Waals surface area contributed by atoms with Gasteiger partial charge in [0.2, 0.25) is 11.8 Å². The molecule has 0 aromatic heterocycles. The third-order valence-electron chi connectivity index (χ3n) is 3.48. The van der Waals surface area contributed by atoms with E-state index in [1.54, 1.807) is 0 Å². The highest BCUT2D eigenvalue weighted by Gasteiger charge is 2.25. The van der Waals surface area contributed by atoms with Crippen molar-refractivity contribution in [2.45, 2.75) is 52.5 Å². The van der Waals surface area contributed by atoms with Crippen molar-refractivity contribution in [3.8, 4) is 0 Å². The Morgan fingerprint density at radius 3 is 2.76 bits per heavy atom. The molecule has 98 valence electrons. The molecule has 1 heterocycles. The van der Waals surface area contributed by atoms with Crippen molar-refractivity contribution in [2.24, 2.45) is 11.8 Å². The molecule has 4 nitrogen and oxygen atoms in total. The van der Waals surface area contributed by atoms with Crippen molar-refractivity contribution >= 4 is 11.8 Å². The fraction of sp³-hybridized carbons (Fsp3) is 0.846. The minimum atomic E-state index is -0.0490. The first-order valence-corrected chi connectivity index (χ1v) is 6.60. The van der Waals surface area contributed by atoms with Crippen LogP contribution in [0.1, 0.15) is 46.5 Å². The average molecular weight is 240 g/mol. The molecule has 0 saturated carbocycles. The van der Waals surface area contributed by atoms with Gasteiger partial charge in [0.1, 0.15) is 0 Å². The van der Waals surface area contributed by atoms with Crippen molar-refractivity contribution in [2.75, 3.05) is 6.54 Å². The van der Waals surface area contributed by atoms with Crippen LogP contribution in [-0.4, -0.2) is 24.4 Å². The second-order valence-electron chi connectivity index (χ2n) is 5.20. The molecule has 0 bridgehead atoms. The summed E-state index contributed by atoms with van der Waals surface area (Å²) < 4.78 is 0. The predicted octanol–water partition coefficient (Wildman–Crippen LogP) is 1.45. The summed E-state index contributed by atoms with van der Waals surface area (Å²) in [7, 11) is 0. The number of hydrogen-bond donors (Lipinski definition) is 2. The van der Waals surface area contributed by atoms with E-state index in [1.165, 1.54) is 0 Å². The van der Waals surface area contributed by atoms with Crippen LogP contribution in [0.5, 0.6) is 0 Å². The molecule has 0 aliphatic carbocycles. The number of piperidine rings is 1. The fourth-order valence-electron chi connectivity index (χ4n) is 2.15. The van der Waals surface area contributed by atoms with Gasteiger partial charge in [-0.15, -0.1) is 0 Å². The smallest absolute Gasteiger partial charge is 0.225 e. The molecule has 0 radical (unpaired) electrons. The van der Waals surface area contributed by atoms with Gasteiger partial charge in [-0.05, 0) is 25.7 Å². The quantitative estimate of drug-likeness (QED) is 0.764. The Hall–Kier alpha value is -1.06. The van der Waals surface area contributed by atoms with E-state index in [2.05, 4.69) is 24.5 Å². The third-order valence-corrected chi connectivity index (χ3v) is 3.48. The molecule has 3 unspecified atom stereocenters. The summed E-state index contributed by atoms with van der Waals surface area (Å²) in [6, 6.07) is 0.218. The molecule has 0 spiro atoms. The van der Waals surface area contributed by atoms with E-state index in [-0.39, 0.29) is 23.8 Å². The van der Waals surface area contributed by atoms with Gasteiger partial charge in [-0.3, -0.25) is 9.59 Å². The number of carbonyl (C=O) groups is 2. The molecule has 2 N–H and O–H groups in total. The van der Waals surface area contributed by atoms with E-state index < -0.39 is 0 Å². The summed E-state index contributed by atoms with van der Waals surface area (Å²) in [5, 5.41) is 5.78. The standard InChI is InChI=1S/C13H24N2O2/c1-4-9(2)7-10(3)15-13(17)11-5-6-12(16)14-8-11/h9-11H,4-8H2,1-3H3,(H,14,16)(H,15,17). The Bertz CT molecular complexity index is 269. The zero-order valence-electron chi connectivity index (χ0n) is 11.1. The van der Waals surface area contributed by atoms with Gasteiger partial charge >= 0.3 is 0 Å². The van der Waals surface area contributed by atoms with Crippen LogP contribution in [0.4, 0.5) is 0 Å². The number of rotatable bonds is 5. The number of hydrogen-bond acceptors (Lipinski definition) is 2. The number of carbonyl (C=O) groups excluding carboxylic acids is 2. The lowest BCUT2D eigenvalue weighted by molar-refractivity contribution is -0.129. The second-order valence-corrected chi connectivity index (χ2v) is 5.20. The molecule has 0 aromatic rings. The van der Waals surface area contributed by atoms with Crippen molar-refractivity contribution in [1.29, 1.82) is 0 Å². The van der Waals surface area contributed by atoms with E-state index in [0.717, 1.165) is 12.8 Å². The SMILES string of the molecule is CCC(C)CC(C)NC(=O)C1CCC(=O)NC1. The van der Waals surface area contributed by atoms with Crippen LogP contribution >= 0.6 is 0 Å². The maximum absolute atomic E-state index is 11.9. The van der Waals surface area contributed by atoms with Crippen LogP contribution in [0.15, 0.2) is 0 Å². The summed E-state index contributed by atoms with van der Waals surface area (Å²) in [6.45, 7) is 6.89. The van der Waals surface area contributed by atoms with Crippen LogP contribution in [0.3, 0.4) is 0 Å². The van der Waals surface area contributed by atoms with E-state index in [0.29, 0.717) is 25.3 Å². The van der Waals surface area contributed by atoms with Crippen molar-refractivity contribution in [1.82, 2.24) is 10.6 Å². The Morgan fingerprint density at radius 2 is 2.24 bits per heavy atom. The lowest BCUT2D eigenvalue weighted by Gasteiger charge is -2.24. The highest BCUT2D eigenvalue weighted by Crippen LogP contribution is 2.13. The topological polar surface area (TPSA) is 58.2 Å². The van der Waals surface area contributed by atoms with Crippen LogP contribution in [0.25, 0.3) is 0 Å². The van der Waals surface area contributed by atoms with Gasteiger partial charge in [-0.2, -0.15) is 0 Å². The normalized spacial score (nSPS) is 23.7. The minimum absolute atomic E-state index is 0.0490. The Labute approximate surface area is 104 Å². The molecule has 1 aliphatic rings. The molecule has 1 rings (SSSR count). The maximum Gasteiger partial charge on any atom is 0.225 e. The van der Waals surface area contributed by atoms with Gasteiger partial charge < -0.3 is 10.6 Å². The monoisotopic (exact) mass is 240 g/mol. The lowest BCUT2D eigenvalue weighted by atomic mass is 9.96. The Balaban J connectivity index is 2.30. The third kappa shape index (κ3) is 4.75. The van der Waals surface area contributed by atoms with Crippen LogP contribution in [-0.2, 0) is 9.59 Å². The highest BCUT2D eigenvalue weighted by atomic mass is 16.2. The van der Waals surface area contributed by atoms with Gasteiger partial charge in [0.15, 0.2) is 0 Å². The first kappa shape index (κ1) is 14.0. The first-order valence-electron chi connectivity index (χ1n) is 6.60. The van der Waals surface area contributed by atoms with Crippen molar-refractivity contribution in [3.63, 3.8) is 0 Å². The van der Waals surface area contributed by atoms with Gasteiger partial charge in [0.25, 0.3) is 0 Å². The molecule has 17 heavy (non-hydrogen) atoms. The molecular formula is C13H24N2O2. The summed E-state index contributed by atoms with van der Waals surface area (Å²) in [5.41, 5.74) is 0. The summed E-state index contributed by atoms with van der Waals surface area (Å²) >= 11 is 0. The molecule has 3 atom stereocenters. The van der Waals surface area contributed by atoms with Gasteiger partial charge in [0.05, 0.1) is 5.92 Å². The van der Waals surface area contributed by atoms with Crippen molar-refractivity contribution in [3.05, 3.63) is 0 Å².